The number of rotatable bonds is 48. The van der Waals surface area contributed by atoms with Crippen molar-refractivity contribution in [2.45, 2.75) is 170 Å². The number of hydrogen-bond donors (Lipinski definition) is 7. The van der Waals surface area contributed by atoms with Crippen LogP contribution in [0.3, 0.4) is 0 Å². The zero-order chi connectivity index (χ0) is 49.2. The number of carbonyl (C=O) groups excluding carboxylic acids is 4. The van der Waals surface area contributed by atoms with Gasteiger partial charge in [-0.2, -0.15) is 0 Å². The molecule has 18 nitrogen and oxygen atoms in total. The highest BCUT2D eigenvalue weighted by Gasteiger charge is 2.27. The highest BCUT2D eigenvalue weighted by molar-refractivity contribution is 8.92. The van der Waals surface area contributed by atoms with Crippen molar-refractivity contribution >= 4 is 84.5 Å². The van der Waals surface area contributed by atoms with Crippen LogP contribution < -0.4 is 16.0 Å². The van der Waals surface area contributed by atoms with E-state index in [2.05, 4.69) is 16.0 Å². The highest BCUT2D eigenvalue weighted by Crippen LogP contribution is 2.51. The van der Waals surface area contributed by atoms with Crippen molar-refractivity contribution < 1.29 is 72.9 Å². The summed E-state index contributed by atoms with van der Waals surface area (Å²) in [4.78, 5) is 82.6. The number of aliphatic hydroxyl groups is 1. The van der Waals surface area contributed by atoms with Gasteiger partial charge < -0.3 is 50.0 Å². The number of aliphatic carboxylic acids is 3. The first kappa shape index (κ1) is 62.9. The van der Waals surface area contributed by atoms with E-state index in [1.165, 1.54) is 88.1 Å². The SMILES string of the molecule is O=C(O)CCCCCCCCCCCCCCCCC(=O)C[C@@H](CCC(=O)NCCOCCOCC(=O)CCCOCCOCC(=O)NCCCC[C@H](NC1SSC(O)SS1)C(=O)O)C(=O)O. The van der Waals surface area contributed by atoms with Crippen LogP contribution in [0.4, 0.5) is 0 Å². The third-order valence-electron chi connectivity index (χ3n) is 10.5. The van der Waals surface area contributed by atoms with Gasteiger partial charge in [0, 0.05) is 51.8 Å². The van der Waals surface area contributed by atoms with Crippen LogP contribution in [0.15, 0.2) is 0 Å². The third-order valence-corrected chi connectivity index (χ3v) is 17.2. The number of aliphatic hydroxyl groups excluding tert-OH is 1. The number of Topliss-reactive ketones (excluding diaryl/α,β-unsaturated/α-hetero) is 2. The van der Waals surface area contributed by atoms with Crippen molar-refractivity contribution in [2.24, 2.45) is 5.92 Å². The summed E-state index contributed by atoms with van der Waals surface area (Å²) in [6, 6.07) is -0.713. The molecule has 0 radical (unpaired) electrons. The molecule has 67 heavy (non-hydrogen) atoms. The predicted molar refractivity (Wildman–Crippen MR) is 264 cm³/mol. The topological polar surface area (TPSA) is 273 Å². The van der Waals surface area contributed by atoms with E-state index >= 15 is 0 Å². The fraction of sp³-hybridized carbons (Fsp3) is 0.844. The van der Waals surface area contributed by atoms with Gasteiger partial charge in [0.15, 0.2) is 10.6 Å². The van der Waals surface area contributed by atoms with Gasteiger partial charge in [0.2, 0.25) is 11.8 Å². The van der Waals surface area contributed by atoms with Crippen LogP contribution in [0.2, 0.25) is 0 Å². The Morgan fingerprint density at radius 3 is 1.57 bits per heavy atom. The van der Waals surface area contributed by atoms with Gasteiger partial charge in [0.25, 0.3) is 0 Å². The van der Waals surface area contributed by atoms with Crippen LogP contribution in [-0.4, -0.2) is 143 Å². The number of ketones is 2. The van der Waals surface area contributed by atoms with Crippen molar-refractivity contribution in [1.82, 2.24) is 16.0 Å². The van der Waals surface area contributed by atoms with Crippen LogP contribution in [0.25, 0.3) is 0 Å². The summed E-state index contributed by atoms with van der Waals surface area (Å²) >= 11 is 0. The van der Waals surface area contributed by atoms with E-state index in [1.54, 1.807) is 0 Å². The molecule has 0 aromatic rings. The van der Waals surface area contributed by atoms with Gasteiger partial charge in [-0.1, -0.05) is 98.6 Å². The fourth-order valence-corrected chi connectivity index (χ4v) is 13.3. The zero-order valence-corrected chi connectivity index (χ0v) is 42.5. The largest absolute Gasteiger partial charge is 0.481 e. The molecule has 1 rings (SSSR count). The quantitative estimate of drug-likeness (QED) is 0.0240. The lowest BCUT2D eigenvalue weighted by molar-refractivity contribution is -0.144. The molecule has 0 aromatic carbocycles. The highest BCUT2D eigenvalue weighted by atomic mass is 33.2. The van der Waals surface area contributed by atoms with E-state index in [9.17, 15) is 48.9 Å². The molecule has 0 spiro atoms. The average Bonchev–Trinajstić information content (AvgIpc) is 3.29. The molecule has 0 saturated carbocycles. The molecule has 1 heterocycles. The Bertz CT molecular complexity index is 1360. The number of hydrogen-bond acceptors (Lipinski definition) is 17. The number of ether oxygens (including phenoxy) is 4. The van der Waals surface area contributed by atoms with E-state index in [-0.39, 0.29) is 113 Å². The molecule has 0 bridgehead atoms. The lowest BCUT2D eigenvalue weighted by atomic mass is 9.94. The molecular weight excluding hydrogens is 951 g/mol. The maximum atomic E-state index is 12.5. The van der Waals surface area contributed by atoms with Crippen LogP contribution in [0.1, 0.15) is 154 Å². The predicted octanol–water partition coefficient (Wildman–Crippen LogP) is 6.95. The number of unbranched alkanes of at least 4 members (excludes halogenated alkanes) is 14. The number of carbonyl (C=O) groups is 7. The second-order valence-corrected chi connectivity index (χ2v) is 21.9. The standard InChI is InChI=1S/C45H79N3O15S4/c49-36(18-13-11-9-7-5-3-1-2-4-6-8-10-12-14-21-41(53)54)32-35(42(55)56)22-23-39(51)47-25-27-61-29-30-62-33-37(50)19-17-26-60-28-31-63-34-40(52)46-24-16-15-20-38(43(57)58)48-44-64-66-45(59)67-65-44/h35,38,44-45,48,59H,1-34H2,(H,46,52)(H,47,51)(H,53,54)(H,55,56)(H,57,58)/t35-,38+,44?,45?/m1/s1. The average molecular weight is 1030 g/mol. The summed E-state index contributed by atoms with van der Waals surface area (Å²) in [6.45, 7) is 1.93. The molecule has 0 unspecified atom stereocenters. The van der Waals surface area contributed by atoms with Gasteiger partial charge in [-0.15, -0.1) is 0 Å². The van der Waals surface area contributed by atoms with Gasteiger partial charge >= 0.3 is 17.9 Å². The lowest BCUT2D eigenvalue weighted by Crippen LogP contribution is -2.41. The Kier molecular flexibility index (Phi) is 41.1. The van der Waals surface area contributed by atoms with Gasteiger partial charge in [-0.25, -0.2) is 0 Å². The summed E-state index contributed by atoms with van der Waals surface area (Å²) < 4.78 is 20.9. The first-order valence-electron chi connectivity index (χ1n) is 24.0. The monoisotopic (exact) mass is 1030 g/mol. The summed E-state index contributed by atoms with van der Waals surface area (Å²) in [6.07, 6.45) is 18.3. The Hall–Kier alpha value is -2.15. The van der Waals surface area contributed by atoms with Crippen molar-refractivity contribution in [3.63, 3.8) is 0 Å². The van der Waals surface area contributed by atoms with E-state index in [0.29, 0.717) is 45.3 Å². The normalized spacial score (nSPS) is 15.7. The van der Waals surface area contributed by atoms with Gasteiger partial charge in [0.05, 0.1) is 39.0 Å². The molecule has 388 valence electrons. The molecule has 1 fully saturated rings. The third kappa shape index (κ3) is 40.3. The molecule has 7 N–H and O–H groups in total. The van der Waals surface area contributed by atoms with Crippen LogP contribution in [-0.2, 0) is 52.5 Å². The Morgan fingerprint density at radius 1 is 0.463 bits per heavy atom. The Labute approximate surface area is 412 Å². The molecule has 0 aliphatic carbocycles. The molecule has 1 aliphatic heterocycles. The zero-order valence-electron chi connectivity index (χ0n) is 39.3. The van der Waals surface area contributed by atoms with Gasteiger partial charge in [0.1, 0.15) is 29.7 Å². The minimum absolute atomic E-state index is 0.00417. The summed E-state index contributed by atoms with van der Waals surface area (Å²) in [5.74, 6) is -4.37. The minimum Gasteiger partial charge on any atom is -0.481 e. The smallest absolute Gasteiger partial charge is 0.320 e. The first-order chi connectivity index (χ1) is 32.4. The van der Waals surface area contributed by atoms with Crippen molar-refractivity contribution in [2.75, 3.05) is 65.9 Å². The Morgan fingerprint density at radius 2 is 0.985 bits per heavy atom. The van der Waals surface area contributed by atoms with Crippen molar-refractivity contribution in [3.05, 3.63) is 0 Å². The van der Waals surface area contributed by atoms with Crippen molar-refractivity contribution in [1.29, 1.82) is 0 Å². The molecule has 2 atom stereocenters. The summed E-state index contributed by atoms with van der Waals surface area (Å²) in [7, 11) is 5.38. The van der Waals surface area contributed by atoms with E-state index in [4.69, 9.17) is 24.1 Å². The van der Waals surface area contributed by atoms with Gasteiger partial charge in [-0.05, 0) is 66.5 Å². The molecule has 22 heteroatoms. The molecule has 2 amide bonds. The second-order valence-electron chi connectivity index (χ2n) is 16.4. The first-order valence-corrected chi connectivity index (χ1v) is 28.6. The molecule has 0 aromatic heterocycles. The number of carboxylic acids is 3. The molecule has 1 saturated heterocycles. The maximum Gasteiger partial charge on any atom is 0.320 e. The maximum absolute atomic E-state index is 12.5. The van der Waals surface area contributed by atoms with E-state index in [0.717, 1.165) is 44.9 Å². The number of nitrogens with one attached hydrogen (secondary N) is 3. The van der Waals surface area contributed by atoms with Crippen LogP contribution in [0, 0.1) is 5.92 Å². The summed E-state index contributed by atoms with van der Waals surface area (Å²) in [5, 5.41) is 45.8. The second kappa shape index (κ2) is 43.8. The minimum atomic E-state index is -1.07. The van der Waals surface area contributed by atoms with Crippen LogP contribution >= 0.6 is 43.2 Å². The summed E-state index contributed by atoms with van der Waals surface area (Å²) in [5.41, 5.74) is 0. The number of amides is 2. The Balaban J connectivity index is 1.91. The van der Waals surface area contributed by atoms with E-state index in [1.807, 2.05) is 0 Å². The lowest BCUT2D eigenvalue weighted by Gasteiger charge is -2.26. The van der Waals surface area contributed by atoms with Crippen molar-refractivity contribution in [3.8, 4) is 0 Å². The molecular formula is C45H79N3O15S4. The molecule has 1 aliphatic rings. The number of carboxylic acid groups (broad SMARTS) is 3. The van der Waals surface area contributed by atoms with Gasteiger partial charge in [-0.3, -0.25) is 38.9 Å². The van der Waals surface area contributed by atoms with Crippen LogP contribution in [0.5, 0.6) is 0 Å². The van der Waals surface area contributed by atoms with E-state index < -0.39 is 34.6 Å². The fourth-order valence-electron chi connectivity index (χ4n) is 6.78.